The van der Waals surface area contributed by atoms with Crippen molar-refractivity contribution in [2.75, 3.05) is 29.5 Å². The predicted octanol–water partition coefficient (Wildman–Crippen LogP) is 5.51. The second-order valence-electron chi connectivity index (χ2n) is 8.46. The third kappa shape index (κ3) is 5.04. The molecule has 5 nitrogen and oxygen atoms in total. The van der Waals surface area contributed by atoms with Gasteiger partial charge in [-0.1, -0.05) is 61.5 Å². The first-order valence-corrected chi connectivity index (χ1v) is 11.7. The normalized spacial score (nSPS) is 15.4. The Hall–Kier alpha value is -3.86. The molecule has 3 aromatic rings. The van der Waals surface area contributed by atoms with Gasteiger partial charge in [0, 0.05) is 18.7 Å². The van der Waals surface area contributed by atoms with Crippen LogP contribution in [0.2, 0.25) is 0 Å². The molecule has 0 N–H and O–H groups in total. The van der Waals surface area contributed by atoms with Crippen molar-refractivity contribution in [3.63, 3.8) is 0 Å². The monoisotopic (exact) mass is 454 g/mol. The first kappa shape index (κ1) is 23.3. The molecule has 3 aromatic carbocycles. The molecule has 5 heteroatoms. The molecule has 1 atom stereocenters. The van der Waals surface area contributed by atoms with E-state index in [1.807, 2.05) is 91.9 Å². The summed E-state index contributed by atoms with van der Waals surface area (Å²) in [5.74, 6) is 0.437. The molecule has 2 amide bonds. The maximum absolute atomic E-state index is 13.4. The predicted molar refractivity (Wildman–Crippen MR) is 137 cm³/mol. The number of hydrogen-bond donors (Lipinski definition) is 0. The van der Waals surface area contributed by atoms with Crippen LogP contribution in [0.15, 0.2) is 91.5 Å². The zero-order valence-electron chi connectivity index (χ0n) is 19.5. The number of fused-ring (bicyclic) bond motifs is 1. The molecule has 0 saturated heterocycles. The van der Waals surface area contributed by atoms with Crippen molar-refractivity contribution in [3.8, 4) is 5.75 Å². The molecular weight excluding hydrogens is 424 g/mol. The lowest BCUT2D eigenvalue weighted by molar-refractivity contribution is -0.121. The van der Waals surface area contributed by atoms with Gasteiger partial charge in [0.15, 0.2) is 0 Å². The van der Waals surface area contributed by atoms with Crippen molar-refractivity contribution < 1.29 is 14.3 Å². The van der Waals surface area contributed by atoms with Crippen molar-refractivity contribution in [1.29, 1.82) is 0 Å². The number of nitrogens with zero attached hydrogens (tertiary/aromatic N) is 2. The van der Waals surface area contributed by atoms with E-state index in [1.165, 1.54) is 0 Å². The molecule has 0 spiro atoms. The van der Waals surface area contributed by atoms with Crippen LogP contribution in [0.25, 0.3) is 0 Å². The summed E-state index contributed by atoms with van der Waals surface area (Å²) in [6, 6.07) is 24.8. The first-order chi connectivity index (χ1) is 16.6. The Labute approximate surface area is 201 Å². The summed E-state index contributed by atoms with van der Waals surface area (Å²) in [6.07, 6.45) is 3.28. The minimum absolute atomic E-state index is 0.0165. The van der Waals surface area contributed by atoms with E-state index in [0.717, 1.165) is 29.1 Å². The van der Waals surface area contributed by atoms with Crippen LogP contribution in [0.1, 0.15) is 29.3 Å². The Morgan fingerprint density at radius 3 is 2.44 bits per heavy atom. The summed E-state index contributed by atoms with van der Waals surface area (Å²) in [4.78, 5) is 30.2. The average molecular weight is 455 g/mol. The molecule has 1 aliphatic rings. The molecule has 0 aromatic heterocycles. The van der Waals surface area contributed by atoms with Gasteiger partial charge in [-0.25, -0.2) is 0 Å². The lowest BCUT2D eigenvalue weighted by atomic mass is 10.1. The first-order valence-electron chi connectivity index (χ1n) is 11.7. The molecule has 1 heterocycles. The Morgan fingerprint density at radius 2 is 1.68 bits per heavy atom. The van der Waals surface area contributed by atoms with Crippen LogP contribution in [0.5, 0.6) is 5.75 Å². The van der Waals surface area contributed by atoms with Crippen LogP contribution in [-0.2, 0) is 11.2 Å². The smallest absolute Gasteiger partial charge is 0.258 e. The number of anilines is 2. The van der Waals surface area contributed by atoms with Crippen LogP contribution >= 0.6 is 0 Å². The van der Waals surface area contributed by atoms with E-state index in [1.54, 1.807) is 9.80 Å². The molecule has 0 saturated carbocycles. The number of ether oxygens (including phenoxy) is 1. The van der Waals surface area contributed by atoms with Gasteiger partial charge in [-0.15, -0.1) is 6.58 Å². The molecule has 0 bridgehead atoms. The van der Waals surface area contributed by atoms with Gasteiger partial charge in [-0.2, -0.15) is 0 Å². The molecular formula is C29H30N2O3. The number of hydrogen-bond acceptors (Lipinski definition) is 3. The largest absolute Gasteiger partial charge is 0.493 e. The molecule has 174 valence electrons. The Kier molecular flexibility index (Phi) is 7.43. The lowest BCUT2D eigenvalue weighted by Crippen LogP contribution is -2.39. The van der Waals surface area contributed by atoms with Crippen LogP contribution in [-0.4, -0.2) is 31.5 Å². The van der Waals surface area contributed by atoms with Gasteiger partial charge in [-0.05, 0) is 48.7 Å². The van der Waals surface area contributed by atoms with Crippen molar-refractivity contribution in [2.45, 2.75) is 19.8 Å². The minimum Gasteiger partial charge on any atom is -0.493 e. The van der Waals surface area contributed by atoms with Gasteiger partial charge in [0.05, 0.1) is 23.9 Å². The second kappa shape index (κ2) is 10.8. The van der Waals surface area contributed by atoms with Crippen molar-refractivity contribution >= 4 is 23.2 Å². The van der Waals surface area contributed by atoms with Crippen LogP contribution in [0.4, 0.5) is 11.4 Å². The van der Waals surface area contributed by atoms with Gasteiger partial charge in [0.2, 0.25) is 5.91 Å². The third-order valence-electron chi connectivity index (χ3n) is 5.99. The van der Waals surface area contributed by atoms with Crippen molar-refractivity contribution in [1.82, 2.24) is 0 Å². The summed E-state index contributed by atoms with van der Waals surface area (Å²) >= 11 is 0. The number of carbonyl (C=O) groups is 2. The van der Waals surface area contributed by atoms with E-state index >= 15 is 0 Å². The average Bonchev–Trinajstić information content (AvgIpc) is 2.98. The number of allylic oxidation sites excluding steroid dienone is 1. The lowest BCUT2D eigenvalue weighted by Gasteiger charge is -2.25. The summed E-state index contributed by atoms with van der Waals surface area (Å²) in [6.45, 7) is 7.03. The van der Waals surface area contributed by atoms with E-state index in [-0.39, 0.29) is 17.7 Å². The summed E-state index contributed by atoms with van der Waals surface area (Å²) in [5.41, 5.74) is 3.22. The zero-order valence-corrected chi connectivity index (χ0v) is 19.5. The Balaban J connectivity index is 1.52. The number of benzene rings is 3. The molecule has 1 aliphatic heterocycles. The van der Waals surface area contributed by atoms with Crippen LogP contribution in [0.3, 0.4) is 0 Å². The summed E-state index contributed by atoms with van der Waals surface area (Å²) < 4.78 is 6.03. The third-order valence-corrected chi connectivity index (χ3v) is 5.99. The number of carbonyl (C=O) groups excluding carboxylic acids is 2. The molecule has 4 rings (SSSR count). The van der Waals surface area contributed by atoms with Crippen molar-refractivity contribution in [2.24, 2.45) is 5.92 Å². The van der Waals surface area contributed by atoms with E-state index < -0.39 is 0 Å². The van der Waals surface area contributed by atoms with E-state index in [0.29, 0.717) is 31.7 Å². The highest BCUT2D eigenvalue weighted by Gasteiger charge is 2.33. The molecule has 34 heavy (non-hydrogen) atoms. The van der Waals surface area contributed by atoms with Gasteiger partial charge < -0.3 is 14.5 Å². The maximum atomic E-state index is 13.4. The molecule has 0 fully saturated rings. The molecule has 0 aliphatic carbocycles. The van der Waals surface area contributed by atoms with E-state index in [4.69, 9.17) is 4.74 Å². The van der Waals surface area contributed by atoms with Gasteiger partial charge in [0.25, 0.3) is 5.91 Å². The van der Waals surface area contributed by atoms with Crippen LogP contribution < -0.4 is 14.5 Å². The fourth-order valence-corrected chi connectivity index (χ4v) is 4.29. The van der Waals surface area contributed by atoms with Gasteiger partial charge >= 0.3 is 0 Å². The van der Waals surface area contributed by atoms with Gasteiger partial charge in [-0.3, -0.25) is 9.59 Å². The quantitative estimate of drug-likeness (QED) is 0.333. The molecule has 0 radical (unpaired) electrons. The summed E-state index contributed by atoms with van der Waals surface area (Å²) in [5, 5.41) is 0. The number of rotatable bonds is 8. The fraction of sp³-hybridized carbons (Fsp3) is 0.241. The SMILES string of the molecule is C=CCc1ccccc1OCCCN1C(=O)C(C)CN(C(=O)c2ccccc2)c2ccccc21. The number of para-hydroxylation sites is 3. The fourth-order valence-electron chi connectivity index (χ4n) is 4.29. The Morgan fingerprint density at radius 1 is 1.00 bits per heavy atom. The highest BCUT2D eigenvalue weighted by molar-refractivity contribution is 6.11. The number of amides is 2. The highest BCUT2D eigenvalue weighted by Crippen LogP contribution is 2.35. The van der Waals surface area contributed by atoms with E-state index in [2.05, 4.69) is 6.58 Å². The standard InChI is InChI=1S/C29H30N2O3/c1-3-12-23-13-7-10-18-27(23)34-20-11-19-30-25-16-8-9-17-26(25)31(21-22(2)28(30)32)29(33)24-14-5-4-6-15-24/h3-10,13-18,22H,1,11-12,19-21H2,2H3. The maximum Gasteiger partial charge on any atom is 0.258 e. The summed E-state index contributed by atoms with van der Waals surface area (Å²) in [7, 11) is 0. The minimum atomic E-state index is -0.325. The molecule has 1 unspecified atom stereocenters. The Bertz CT molecular complexity index is 1160. The highest BCUT2D eigenvalue weighted by atomic mass is 16.5. The van der Waals surface area contributed by atoms with E-state index in [9.17, 15) is 9.59 Å². The van der Waals surface area contributed by atoms with Gasteiger partial charge in [0.1, 0.15) is 5.75 Å². The topological polar surface area (TPSA) is 49.9 Å². The zero-order chi connectivity index (χ0) is 23.9. The van der Waals surface area contributed by atoms with Crippen LogP contribution in [0, 0.1) is 5.92 Å². The van der Waals surface area contributed by atoms with Crippen molar-refractivity contribution in [3.05, 3.63) is 103 Å². The second-order valence-corrected chi connectivity index (χ2v) is 8.46.